The molecular weight excluding hydrogens is 280 g/mol. The highest BCUT2D eigenvalue weighted by atomic mass is 32.1. The van der Waals surface area contributed by atoms with E-state index in [-0.39, 0.29) is 11.7 Å². The van der Waals surface area contributed by atoms with E-state index in [0.717, 1.165) is 42.2 Å². The number of anilines is 2. The molecule has 1 aliphatic heterocycles. The molecule has 1 fully saturated rings. The van der Waals surface area contributed by atoms with Crippen molar-refractivity contribution in [3.05, 3.63) is 46.3 Å². The maximum Gasteiger partial charge on any atom is 0.178 e. The van der Waals surface area contributed by atoms with Crippen molar-refractivity contribution in [2.45, 2.75) is 25.8 Å². The molecule has 2 heterocycles. The summed E-state index contributed by atoms with van der Waals surface area (Å²) in [6, 6.07) is 10.6. The van der Waals surface area contributed by atoms with Crippen molar-refractivity contribution in [1.82, 2.24) is 0 Å². The highest BCUT2D eigenvalue weighted by Gasteiger charge is 2.33. The van der Waals surface area contributed by atoms with Crippen molar-refractivity contribution in [2.75, 3.05) is 17.2 Å². The molecule has 1 saturated carbocycles. The summed E-state index contributed by atoms with van der Waals surface area (Å²) >= 11 is 1.57. The van der Waals surface area contributed by atoms with E-state index < -0.39 is 0 Å². The van der Waals surface area contributed by atoms with Gasteiger partial charge in [-0.25, -0.2) is 0 Å². The standard InChI is InChI=1S/C17H18N2OS/c18-14-9-15(21-17(14)16(20)12-5-6-12)19-8-7-11-3-1-2-4-13(11)10-19/h1-4,9,12H,5-8,10,18H2. The Morgan fingerprint density at radius 1 is 1.24 bits per heavy atom. The molecule has 0 bridgehead atoms. The summed E-state index contributed by atoms with van der Waals surface area (Å²) in [4.78, 5) is 15.3. The van der Waals surface area contributed by atoms with E-state index in [1.807, 2.05) is 6.07 Å². The van der Waals surface area contributed by atoms with Crippen LogP contribution in [-0.4, -0.2) is 12.3 Å². The number of Topliss-reactive ketones (excluding diaryl/α,β-unsaturated/α-hetero) is 1. The van der Waals surface area contributed by atoms with Gasteiger partial charge < -0.3 is 10.6 Å². The molecule has 0 spiro atoms. The number of nitrogens with two attached hydrogens (primary N) is 1. The summed E-state index contributed by atoms with van der Waals surface area (Å²) < 4.78 is 0. The van der Waals surface area contributed by atoms with Gasteiger partial charge in [0, 0.05) is 19.0 Å². The van der Waals surface area contributed by atoms with Crippen LogP contribution >= 0.6 is 11.3 Å². The van der Waals surface area contributed by atoms with Gasteiger partial charge in [0.1, 0.15) is 0 Å². The Morgan fingerprint density at radius 2 is 2.00 bits per heavy atom. The number of fused-ring (bicyclic) bond motifs is 1. The zero-order valence-electron chi connectivity index (χ0n) is 11.8. The second-order valence-corrected chi connectivity index (χ2v) is 6.98. The fraction of sp³-hybridized carbons (Fsp3) is 0.353. The summed E-state index contributed by atoms with van der Waals surface area (Å²) in [5, 5.41) is 1.13. The number of nitrogen functional groups attached to an aromatic ring is 1. The molecule has 0 atom stereocenters. The number of thiophene rings is 1. The molecule has 2 aromatic rings. The molecule has 1 aliphatic carbocycles. The molecule has 0 radical (unpaired) electrons. The molecule has 0 unspecified atom stereocenters. The van der Waals surface area contributed by atoms with Crippen LogP contribution in [0.5, 0.6) is 0 Å². The largest absolute Gasteiger partial charge is 0.397 e. The Bertz CT molecular complexity index is 703. The quantitative estimate of drug-likeness (QED) is 0.882. The first-order chi connectivity index (χ1) is 10.2. The second-order valence-electron chi connectivity index (χ2n) is 5.95. The molecule has 108 valence electrons. The summed E-state index contributed by atoms with van der Waals surface area (Å²) in [6.07, 6.45) is 3.12. The number of ketones is 1. The Morgan fingerprint density at radius 3 is 2.76 bits per heavy atom. The number of benzene rings is 1. The molecule has 3 nitrogen and oxygen atoms in total. The van der Waals surface area contributed by atoms with Crippen molar-refractivity contribution < 1.29 is 4.79 Å². The molecule has 1 aromatic carbocycles. The summed E-state index contributed by atoms with van der Waals surface area (Å²) in [7, 11) is 0. The van der Waals surface area contributed by atoms with Gasteiger partial charge in [0.05, 0.1) is 15.6 Å². The molecule has 2 N–H and O–H groups in total. The van der Waals surface area contributed by atoms with E-state index >= 15 is 0 Å². The lowest BCUT2D eigenvalue weighted by Gasteiger charge is -2.29. The first kappa shape index (κ1) is 12.9. The van der Waals surface area contributed by atoms with Crippen molar-refractivity contribution in [3.8, 4) is 0 Å². The number of carbonyl (C=O) groups excluding carboxylic acids is 1. The van der Waals surface area contributed by atoms with Gasteiger partial charge in [-0.15, -0.1) is 11.3 Å². The number of hydrogen-bond donors (Lipinski definition) is 1. The van der Waals surface area contributed by atoms with Gasteiger partial charge in [-0.05, 0) is 36.5 Å². The van der Waals surface area contributed by atoms with Crippen LogP contribution in [0.2, 0.25) is 0 Å². The van der Waals surface area contributed by atoms with E-state index in [2.05, 4.69) is 29.2 Å². The van der Waals surface area contributed by atoms with Crippen LogP contribution in [-0.2, 0) is 13.0 Å². The predicted octanol–water partition coefficient (Wildman–Crippen LogP) is 3.49. The van der Waals surface area contributed by atoms with Crippen molar-refractivity contribution in [3.63, 3.8) is 0 Å². The third kappa shape index (κ3) is 2.33. The zero-order valence-corrected chi connectivity index (χ0v) is 12.7. The fourth-order valence-corrected chi connectivity index (χ4v) is 4.08. The molecule has 21 heavy (non-hydrogen) atoms. The minimum Gasteiger partial charge on any atom is -0.397 e. The first-order valence-corrected chi connectivity index (χ1v) is 8.29. The lowest BCUT2D eigenvalue weighted by Crippen LogP contribution is -2.29. The number of hydrogen-bond acceptors (Lipinski definition) is 4. The maximum atomic E-state index is 12.2. The third-order valence-electron chi connectivity index (χ3n) is 4.36. The Labute approximate surface area is 128 Å². The van der Waals surface area contributed by atoms with Crippen LogP contribution in [0, 0.1) is 5.92 Å². The van der Waals surface area contributed by atoms with Crippen molar-refractivity contribution in [1.29, 1.82) is 0 Å². The smallest absolute Gasteiger partial charge is 0.178 e. The van der Waals surface area contributed by atoms with Crippen LogP contribution in [0.1, 0.15) is 33.6 Å². The van der Waals surface area contributed by atoms with E-state index in [1.54, 1.807) is 11.3 Å². The van der Waals surface area contributed by atoms with Gasteiger partial charge in [0.15, 0.2) is 5.78 Å². The van der Waals surface area contributed by atoms with Gasteiger partial charge in [0.25, 0.3) is 0 Å². The van der Waals surface area contributed by atoms with Crippen LogP contribution in [0.3, 0.4) is 0 Å². The van der Waals surface area contributed by atoms with Crippen LogP contribution in [0.4, 0.5) is 10.7 Å². The van der Waals surface area contributed by atoms with Gasteiger partial charge in [-0.2, -0.15) is 0 Å². The molecule has 2 aliphatic rings. The number of carbonyl (C=O) groups is 1. The number of rotatable bonds is 3. The Kier molecular flexibility index (Phi) is 3.00. The summed E-state index contributed by atoms with van der Waals surface area (Å²) in [5.41, 5.74) is 9.55. The van der Waals surface area contributed by atoms with Gasteiger partial charge in [-0.1, -0.05) is 24.3 Å². The molecular formula is C17H18N2OS. The summed E-state index contributed by atoms with van der Waals surface area (Å²) in [6.45, 7) is 1.90. The van der Waals surface area contributed by atoms with Gasteiger partial charge in [0.2, 0.25) is 0 Å². The van der Waals surface area contributed by atoms with E-state index in [0.29, 0.717) is 5.69 Å². The highest BCUT2D eigenvalue weighted by molar-refractivity contribution is 7.18. The van der Waals surface area contributed by atoms with Crippen molar-refractivity contribution >= 4 is 27.8 Å². The molecule has 0 saturated heterocycles. The van der Waals surface area contributed by atoms with Gasteiger partial charge in [-0.3, -0.25) is 4.79 Å². The monoisotopic (exact) mass is 298 g/mol. The van der Waals surface area contributed by atoms with E-state index in [1.165, 1.54) is 11.1 Å². The van der Waals surface area contributed by atoms with Crippen LogP contribution in [0.15, 0.2) is 30.3 Å². The van der Waals surface area contributed by atoms with Gasteiger partial charge >= 0.3 is 0 Å². The minimum absolute atomic E-state index is 0.237. The van der Waals surface area contributed by atoms with Crippen LogP contribution in [0.25, 0.3) is 0 Å². The summed E-state index contributed by atoms with van der Waals surface area (Å²) in [5.74, 6) is 0.488. The molecule has 4 rings (SSSR count). The normalized spacial score (nSPS) is 17.6. The van der Waals surface area contributed by atoms with Crippen LogP contribution < -0.4 is 10.6 Å². The van der Waals surface area contributed by atoms with Crippen molar-refractivity contribution in [2.24, 2.45) is 5.92 Å². The van der Waals surface area contributed by atoms with E-state index in [4.69, 9.17) is 5.73 Å². The third-order valence-corrected chi connectivity index (χ3v) is 5.59. The zero-order chi connectivity index (χ0) is 14.4. The topological polar surface area (TPSA) is 46.3 Å². The Hall–Kier alpha value is -1.81. The maximum absolute atomic E-state index is 12.2. The SMILES string of the molecule is Nc1cc(N2CCc3ccccc3C2)sc1C(=O)C1CC1. The Balaban J connectivity index is 1.60. The number of nitrogens with zero attached hydrogens (tertiary/aromatic N) is 1. The average Bonchev–Trinajstić information content (AvgIpc) is 3.29. The minimum atomic E-state index is 0.237. The predicted molar refractivity (Wildman–Crippen MR) is 87.0 cm³/mol. The average molecular weight is 298 g/mol. The second kappa shape index (κ2) is 4.88. The first-order valence-electron chi connectivity index (χ1n) is 7.47. The molecule has 1 aromatic heterocycles. The van der Waals surface area contributed by atoms with E-state index in [9.17, 15) is 4.79 Å². The molecule has 4 heteroatoms. The highest BCUT2D eigenvalue weighted by Crippen LogP contribution is 2.40. The molecule has 0 amide bonds. The fourth-order valence-electron chi connectivity index (χ4n) is 2.95. The lowest BCUT2D eigenvalue weighted by atomic mass is 10.0. The lowest BCUT2D eigenvalue weighted by molar-refractivity contribution is 0.0972.